The lowest BCUT2D eigenvalue weighted by atomic mass is 10.0. The van der Waals surface area contributed by atoms with Crippen LogP contribution in [0.3, 0.4) is 0 Å². The molecule has 0 atom stereocenters. The highest BCUT2D eigenvalue weighted by Crippen LogP contribution is 2.38. The first-order chi connectivity index (χ1) is 15.1. The number of nitrogens with one attached hydrogen (secondary N) is 1. The van der Waals surface area contributed by atoms with E-state index in [1.165, 1.54) is 30.4 Å². The second-order valence-corrected chi connectivity index (χ2v) is 9.22. The van der Waals surface area contributed by atoms with Gasteiger partial charge in [-0.15, -0.1) is 11.3 Å². The number of hydrogen-bond acceptors (Lipinski definition) is 6. The minimum atomic E-state index is -0.461. The molecule has 2 aliphatic heterocycles. The van der Waals surface area contributed by atoms with Crippen LogP contribution in [0.2, 0.25) is 5.02 Å². The van der Waals surface area contributed by atoms with Gasteiger partial charge in [0.1, 0.15) is 22.8 Å². The van der Waals surface area contributed by atoms with Gasteiger partial charge in [0.2, 0.25) is 5.91 Å². The monoisotopic (exact) mass is 457 g/mol. The summed E-state index contributed by atoms with van der Waals surface area (Å²) in [5.41, 5.74) is 1.83. The summed E-state index contributed by atoms with van der Waals surface area (Å²) in [7, 11) is 0. The van der Waals surface area contributed by atoms with Crippen LogP contribution in [0.15, 0.2) is 36.7 Å². The number of aromatic nitrogens is 2. The molecule has 0 bridgehead atoms. The van der Waals surface area contributed by atoms with Gasteiger partial charge >= 0.3 is 0 Å². The van der Waals surface area contributed by atoms with Crippen LogP contribution in [-0.2, 0) is 17.8 Å². The summed E-state index contributed by atoms with van der Waals surface area (Å²) in [6, 6.07) is 4.49. The van der Waals surface area contributed by atoms with Gasteiger partial charge in [0.15, 0.2) is 0 Å². The third-order valence-corrected chi connectivity index (χ3v) is 7.12. The first-order valence-electron chi connectivity index (χ1n) is 10.2. The Morgan fingerprint density at radius 2 is 2.16 bits per heavy atom. The normalized spacial score (nSPS) is 16.5. The van der Waals surface area contributed by atoms with Crippen molar-refractivity contribution in [3.05, 3.63) is 58.0 Å². The van der Waals surface area contributed by atoms with E-state index >= 15 is 0 Å². The zero-order valence-electron chi connectivity index (χ0n) is 16.8. The summed E-state index contributed by atoms with van der Waals surface area (Å²) < 4.78 is 13.5. The number of carbonyl (C=O) groups excluding carboxylic acids is 1. The second kappa shape index (κ2) is 8.53. The molecule has 1 amide bonds. The number of halogens is 2. The van der Waals surface area contributed by atoms with Crippen molar-refractivity contribution < 1.29 is 9.18 Å². The molecule has 5 rings (SSSR count). The number of fused-ring (bicyclic) bond motifs is 3. The van der Waals surface area contributed by atoms with Crippen LogP contribution in [0.1, 0.15) is 16.9 Å². The van der Waals surface area contributed by atoms with E-state index in [4.69, 9.17) is 11.6 Å². The maximum atomic E-state index is 13.5. The number of nitrogens with zero attached hydrogens (tertiary/aromatic N) is 4. The lowest BCUT2D eigenvalue weighted by Crippen LogP contribution is -2.37. The molecule has 31 heavy (non-hydrogen) atoms. The van der Waals surface area contributed by atoms with Crippen LogP contribution in [0.5, 0.6) is 0 Å². The van der Waals surface area contributed by atoms with E-state index in [1.807, 2.05) is 11.0 Å². The quantitative estimate of drug-likeness (QED) is 0.576. The number of hydrogen-bond donors (Lipinski definition) is 1. The van der Waals surface area contributed by atoms with Crippen molar-refractivity contribution in [2.24, 2.45) is 0 Å². The molecule has 160 valence electrons. The molecule has 2 aliphatic rings. The molecule has 4 heterocycles. The van der Waals surface area contributed by atoms with Crippen LogP contribution in [0, 0.1) is 5.82 Å². The van der Waals surface area contributed by atoms with E-state index in [-0.39, 0.29) is 10.9 Å². The number of rotatable bonds is 5. The Labute approximate surface area is 188 Å². The Kier molecular flexibility index (Phi) is 5.60. The van der Waals surface area contributed by atoms with Crippen molar-refractivity contribution >= 4 is 50.6 Å². The molecule has 0 unspecified atom stereocenters. The number of benzene rings is 1. The SMILES string of the molecule is O=C(C=CCN1CCC1)N1CCc2c(sc3ncnc(Nc4ccc(F)c(Cl)c4)c23)C1. The molecule has 6 nitrogen and oxygen atoms in total. The molecule has 3 aromatic rings. The van der Waals surface area contributed by atoms with Crippen molar-refractivity contribution in [2.75, 3.05) is 31.5 Å². The fourth-order valence-corrected chi connectivity index (χ4v) is 5.28. The van der Waals surface area contributed by atoms with Crippen molar-refractivity contribution in [3.8, 4) is 0 Å². The predicted molar refractivity (Wildman–Crippen MR) is 121 cm³/mol. The van der Waals surface area contributed by atoms with E-state index in [1.54, 1.807) is 23.5 Å². The molecule has 1 aromatic carbocycles. The molecule has 9 heteroatoms. The van der Waals surface area contributed by atoms with E-state index in [9.17, 15) is 9.18 Å². The van der Waals surface area contributed by atoms with Crippen LogP contribution < -0.4 is 5.32 Å². The Morgan fingerprint density at radius 3 is 2.94 bits per heavy atom. The highest BCUT2D eigenvalue weighted by molar-refractivity contribution is 7.19. The van der Waals surface area contributed by atoms with Gasteiger partial charge in [0.05, 0.1) is 17.0 Å². The van der Waals surface area contributed by atoms with Gasteiger partial charge in [-0.05, 0) is 49.7 Å². The molecule has 0 spiro atoms. The third kappa shape index (κ3) is 4.15. The highest BCUT2D eigenvalue weighted by Gasteiger charge is 2.25. The average molecular weight is 458 g/mol. The van der Waals surface area contributed by atoms with E-state index < -0.39 is 5.82 Å². The van der Waals surface area contributed by atoms with Gasteiger partial charge in [0.25, 0.3) is 0 Å². The summed E-state index contributed by atoms with van der Waals surface area (Å²) in [5.74, 6) is 0.255. The van der Waals surface area contributed by atoms with Crippen molar-refractivity contribution in [3.63, 3.8) is 0 Å². The highest BCUT2D eigenvalue weighted by atomic mass is 35.5. The largest absolute Gasteiger partial charge is 0.340 e. The molecule has 0 radical (unpaired) electrons. The number of thiophene rings is 1. The van der Waals surface area contributed by atoms with Crippen LogP contribution in [-0.4, -0.2) is 51.9 Å². The maximum absolute atomic E-state index is 13.5. The zero-order chi connectivity index (χ0) is 21.4. The van der Waals surface area contributed by atoms with Crippen LogP contribution in [0.25, 0.3) is 10.2 Å². The van der Waals surface area contributed by atoms with Gasteiger partial charge in [-0.3, -0.25) is 9.69 Å². The number of anilines is 2. The van der Waals surface area contributed by atoms with Crippen LogP contribution >= 0.6 is 22.9 Å². The van der Waals surface area contributed by atoms with Crippen molar-refractivity contribution in [1.29, 1.82) is 0 Å². The molecule has 0 aliphatic carbocycles. The first-order valence-corrected chi connectivity index (χ1v) is 11.4. The summed E-state index contributed by atoms with van der Waals surface area (Å²) in [4.78, 5) is 27.7. The predicted octanol–water partition coefficient (Wildman–Crippen LogP) is 4.37. The van der Waals surface area contributed by atoms with Gasteiger partial charge in [-0.1, -0.05) is 17.7 Å². The van der Waals surface area contributed by atoms with E-state index in [0.29, 0.717) is 24.6 Å². The minimum Gasteiger partial charge on any atom is -0.340 e. The van der Waals surface area contributed by atoms with Crippen LogP contribution in [0.4, 0.5) is 15.9 Å². The van der Waals surface area contributed by atoms with Crippen molar-refractivity contribution in [2.45, 2.75) is 19.4 Å². The lowest BCUT2D eigenvalue weighted by molar-refractivity contribution is -0.126. The van der Waals surface area contributed by atoms with Crippen molar-refractivity contribution in [1.82, 2.24) is 19.8 Å². The molecule has 0 saturated carbocycles. The summed E-state index contributed by atoms with van der Waals surface area (Å²) in [6.45, 7) is 4.31. The molecule has 1 saturated heterocycles. The molecular formula is C22H21ClFN5OS. The second-order valence-electron chi connectivity index (χ2n) is 7.73. The summed E-state index contributed by atoms with van der Waals surface area (Å²) in [5, 5.41) is 4.26. The Hall–Kier alpha value is -2.55. The first kappa shape index (κ1) is 20.4. The lowest BCUT2D eigenvalue weighted by Gasteiger charge is -2.29. The average Bonchev–Trinajstić information content (AvgIpc) is 3.11. The molecule has 1 N–H and O–H groups in total. The topological polar surface area (TPSA) is 61.4 Å². The number of likely N-dealkylation sites (tertiary alicyclic amines) is 1. The minimum absolute atomic E-state index is 0.0500. The fraction of sp³-hybridized carbons (Fsp3) is 0.318. The number of carbonyl (C=O) groups is 1. The van der Waals surface area contributed by atoms with Gasteiger partial charge in [-0.2, -0.15) is 0 Å². The third-order valence-electron chi connectivity index (χ3n) is 5.70. The Bertz CT molecular complexity index is 1180. The number of amides is 1. The smallest absolute Gasteiger partial charge is 0.246 e. The Balaban J connectivity index is 1.36. The standard InChI is InChI=1S/C22H21ClFN5OS/c23-16-11-14(4-5-17(16)24)27-21-20-15-6-10-29(12-18(15)31-22(20)26-13-25-21)19(30)3-1-7-28-8-2-9-28/h1,3-5,11,13H,2,6-10,12H2,(H,25,26,27). The zero-order valence-corrected chi connectivity index (χ0v) is 18.3. The Morgan fingerprint density at radius 1 is 1.29 bits per heavy atom. The van der Waals surface area contributed by atoms with E-state index in [0.717, 1.165) is 41.1 Å². The summed E-state index contributed by atoms with van der Waals surface area (Å²) in [6.07, 6.45) is 7.16. The summed E-state index contributed by atoms with van der Waals surface area (Å²) >= 11 is 7.50. The van der Waals surface area contributed by atoms with Gasteiger partial charge in [0, 0.05) is 29.7 Å². The molecule has 1 fully saturated rings. The molecule has 2 aromatic heterocycles. The van der Waals surface area contributed by atoms with E-state index in [2.05, 4.69) is 20.2 Å². The fourth-order valence-electron chi connectivity index (χ4n) is 3.89. The van der Waals surface area contributed by atoms with Gasteiger partial charge < -0.3 is 10.2 Å². The maximum Gasteiger partial charge on any atom is 0.246 e. The molecular weight excluding hydrogens is 437 g/mol. The van der Waals surface area contributed by atoms with Gasteiger partial charge in [-0.25, -0.2) is 14.4 Å².